The molecule has 0 aliphatic carbocycles. The number of benzene rings is 2. The van der Waals surface area contributed by atoms with Gasteiger partial charge in [0.1, 0.15) is 11.6 Å². The topological polar surface area (TPSA) is 104 Å². The second-order valence-electron chi connectivity index (χ2n) is 8.44. The molecule has 0 saturated carbocycles. The maximum atomic E-state index is 13.1. The molecule has 2 heterocycles. The van der Waals surface area contributed by atoms with Gasteiger partial charge >= 0.3 is 6.03 Å². The van der Waals surface area contributed by atoms with Crippen molar-refractivity contribution in [2.45, 2.75) is 25.8 Å². The number of carbonyl (C=O) groups excluding carboxylic acids is 3. The van der Waals surface area contributed by atoms with Gasteiger partial charge in [0.15, 0.2) is 0 Å². The summed E-state index contributed by atoms with van der Waals surface area (Å²) in [6.45, 7) is 1.23. The summed E-state index contributed by atoms with van der Waals surface area (Å²) in [5.74, 6) is -0.230. The van der Waals surface area contributed by atoms with Crippen LogP contribution in [-0.4, -0.2) is 35.8 Å². The number of hydrogen-bond donors (Lipinski definition) is 3. The van der Waals surface area contributed by atoms with Crippen molar-refractivity contribution in [2.24, 2.45) is 5.92 Å². The molecule has 3 N–H and O–H groups in total. The van der Waals surface area contributed by atoms with Crippen LogP contribution >= 0.6 is 0 Å². The van der Waals surface area contributed by atoms with Gasteiger partial charge in [0.25, 0.3) is 0 Å². The summed E-state index contributed by atoms with van der Waals surface area (Å²) >= 11 is 0. The quantitative estimate of drug-likeness (QED) is 0.474. The Morgan fingerprint density at radius 2 is 1.69 bits per heavy atom. The minimum absolute atomic E-state index is 0.0742. The molecule has 1 fully saturated rings. The number of anilines is 2. The average molecular weight is 479 g/mol. The highest BCUT2D eigenvalue weighted by atomic mass is 19.1. The number of rotatable bonds is 7. The van der Waals surface area contributed by atoms with Gasteiger partial charge in [-0.25, -0.2) is 9.18 Å². The third kappa shape index (κ3) is 6.92. The van der Waals surface area contributed by atoms with E-state index in [0.717, 1.165) is 12.0 Å². The van der Waals surface area contributed by atoms with E-state index in [2.05, 4.69) is 16.0 Å². The van der Waals surface area contributed by atoms with E-state index >= 15 is 0 Å². The SMILES string of the molecule is O=C(NCc1ccco1)Nc1ccc(NC(=O)C2CCCN(C(=O)Cc3ccc(F)cc3)C2)cc1. The molecule has 2 aromatic carbocycles. The molecule has 1 unspecified atom stereocenters. The smallest absolute Gasteiger partial charge is 0.319 e. The zero-order valence-corrected chi connectivity index (χ0v) is 19.1. The molecule has 4 rings (SSSR count). The van der Waals surface area contributed by atoms with E-state index < -0.39 is 0 Å². The predicted octanol–water partition coefficient (Wildman–Crippen LogP) is 4.16. The summed E-state index contributed by atoms with van der Waals surface area (Å²) < 4.78 is 18.3. The Morgan fingerprint density at radius 1 is 0.971 bits per heavy atom. The minimum atomic E-state index is -0.370. The van der Waals surface area contributed by atoms with E-state index in [9.17, 15) is 18.8 Å². The van der Waals surface area contributed by atoms with Crippen molar-refractivity contribution in [1.82, 2.24) is 10.2 Å². The van der Waals surface area contributed by atoms with Crippen LogP contribution in [0.1, 0.15) is 24.2 Å². The maximum absolute atomic E-state index is 13.1. The molecule has 1 atom stereocenters. The van der Waals surface area contributed by atoms with Crippen molar-refractivity contribution >= 4 is 29.2 Å². The molecule has 35 heavy (non-hydrogen) atoms. The normalized spacial score (nSPS) is 15.3. The Hall–Kier alpha value is -4.14. The number of halogens is 1. The first-order valence-electron chi connectivity index (χ1n) is 11.5. The molecule has 0 radical (unpaired) electrons. The van der Waals surface area contributed by atoms with E-state index in [1.165, 1.54) is 12.1 Å². The summed E-state index contributed by atoms with van der Waals surface area (Å²) in [6.07, 6.45) is 3.15. The minimum Gasteiger partial charge on any atom is -0.467 e. The summed E-state index contributed by atoms with van der Waals surface area (Å²) in [6, 6.07) is 15.8. The van der Waals surface area contributed by atoms with Crippen LogP contribution in [0.15, 0.2) is 71.3 Å². The van der Waals surface area contributed by atoms with E-state index in [4.69, 9.17) is 4.42 Å². The van der Waals surface area contributed by atoms with Crippen molar-refractivity contribution in [1.29, 1.82) is 0 Å². The molecule has 0 spiro atoms. The zero-order chi connectivity index (χ0) is 24.6. The van der Waals surface area contributed by atoms with Crippen LogP contribution in [0, 0.1) is 11.7 Å². The molecular weight excluding hydrogens is 451 g/mol. The number of carbonyl (C=O) groups is 3. The third-order valence-electron chi connectivity index (χ3n) is 5.83. The van der Waals surface area contributed by atoms with Crippen molar-refractivity contribution in [3.63, 3.8) is 0 Å². The summed E-state index contributed by atoms with van der Waals surface area (Å²) in [5, 5.41) is 8.30. The maximum Gasteiger partial charge on any atom is 0.319 e. The highest BCUT2D eigenvalue weighted by Gasteiger charge is 2.28. The van der Waals surface area contributed by atoms with Crippen LogP contribution in [0.3, 0.4) is 0 Å². The van der Waals surface area contributed by atoms with E-state index in [-0.39, 0.29) is 42.5 Å². The van der Waals surface area contributed by atoms with Crippen molar-refractivity contribution < 1.29 is 23.2 Å². The van der Waals surface area contributed by atoms with Gasteiger partial charge in [-0.2, -0.15) is 0 Å². The van der Waals surface area contributed by atoms with Crippen LogP contribution in [0.25, 0.3) is 0 Å². The number of likely N-dealkylation sites (tertiary alicyclic amines) is 1. The van der Waals surface area contributed by atoms with Gasteiger partial charge in [-0.05, 0) is 66.9 Å². The van der Waals surface area contributed by atoms with Gasteiger partial charge in [-0.15, -0.1) is 0 Å². The lowest BCUT2D eigenvalue weighted by molar-refractivity contribution is -0.133. The molecule has 1 aliphatic heterocycles. The van der Waals surface area contributed by atoms with Crippen molar-refractivity contribution in [3.8, 4) is 0 Å². The molecule has 1 saturated heterocycles. The molecule has 8 nitrogen and oxygen atoms in total. The first-order valence-corrected chi connectivity index (χ1v) is 11.5. The lowest BCUT2D eigenvalue weighted by atomic mass is 9.96. The van der Waals surface area contributed by atoms with Gasteiger partial charge < -0.3 is 25.3 Å². The van der Waals surface area contributed by atoms with Gasteiger partial charge in [0, 0.05) is 24.5 Å². The average Bonchev–Trinajstić information content (AvgIpc) is 3.39. The Morgan fingerprint density at radius 3 is 2.37 bits per heavy atom. The van der Waals surface area contributed by atoms with Gasteiger partial charge in [0.2, 0.25) is 11.8 Å². The van der Waals surface area contributed by atoms with Gasteiger partial charge in [0.05, 0.1) is 25.1 Å². The highest BCUT2D eigenvalue weighted by molar-refractivity contribution is 5.94. The van der Waals surface area contributed by atoms with Crippen LogP contribution in [0.5, 0.6) is 0 Å². The molecular formula is C26H27FN4O4. The number of amides is 4. The third-order valence-corrected chi connectivity index (χ3v) is 5.83. The number of urea groups is 1. The van der Waals surface area contributed by atoms with Crippen LogP contribution in [-0.2, 0) is 22.6 Å². The molecule has 1 aromatic heterocycles. The number of piperidine rings is 1. The predicted molar refractivity (Wildman–Crippen MR) is 129 cm³/mol. The fourth-order valence-corrected chi connectivity index (χ4v) is 3.94. The fourth-order valence-electron chi connectivity index (χ4n) is 3.94. The van der Waals surface area contributed by atoms with Crippen molar-refractivity contribution in [3.05, 3.63) is 84.1 Å². The standard InChI is InChI=1S/C26H27FN4O4/c27-20-7-5-18(6-8-20)15-24(32)31-13-1-3-19(17-31)25(33)29-21-9-11-22(12-10-21)30-26(34)28-16-23-4-2-14-35-23/h2,4-12,14,19H,1,3,13,15-17H2,(H,29,33)(H2,28,30,34). The monoisotopic (exact) mass is 478 g/mol. The van der Waals surface area contributed by atoms with Gasteiger partial charge in [-0.1, -0.05) is 12.1 Å². The number of nitrogens with zero attached hydrogens (tertiary/aromatic N) is 1. The van der Waals surface area contributed by atoms with Crippen molar-refractivity contribution in [2.75, 3.05) is 23.7 Å². The molecule has 1 aliphatic rings. The summed E-state index contributed by atoms with van der Waals surface area (Å²) in [7, 11) is 0. The zero-order valence-electron chi connectivity index (χ0n) is 19.1. The first-order chi connectivity index (χ1) is 17.0. The molecule has 4 amide bonds. The molecule has 9 heteroatoms. The lowest BCUT2D eigenvalue weighted by Gasteiger charge is -2.32. The highest BCUT2D eigenvalue weighted by Crippen LogP contribution is 2.21. The summed E-state index contributed by atoms with van der Waals surface area (Å²) in [5.41, 5.74) is 1.92. The number of nitrogens with one attached hydrogen (secondary N) is 3. The Bertz CT molecular complexity index is 1150. The van der Waals surface area contributed by atoms with Crippen LogP contribution in [0.4, 0.5) is 20.6 Å². The lowest BCUT2D eigenvalue weighted by Crippen LogP contribution is -2.44. The van der Waals surface area contributed by atoms with E-state index in [0.29, 0.717) is 36.6 Å². The van der Waals surface area contributed by atoms with E-state index in [1.54, 1.807) is 59.7 Å². The number of furan rings is 1. The van der Waals surface area contributed by atoms with Gasteiger partial charge in [-0.3, -0.25) is 9.59 Å². The Balaban J connectivity index is 1.25. The summed E-state index contributed by atoms with van der Waals surface area (Å²) in [4.78, 5) is 39.2. The largest absolute Gasteiger partial charge is 0.467 e. The second kappa shape index (κ2) is 11.3. The Labute approximate surface area is 202 Å². The first kappa shape index (κ1) is 24.0. The molecule has 0 bridgehead atoms. The molecule has 182 valence electrons. The van der Waals surface area contributed by atoms with E-state index in [1.807, 2.05) is 0 Å². The molecule has 3 aromatic rings. The number of hydrogen-bond acceptors (Lipinski definition) is 4. The second-order valence-corrected chi connectivity index (χ2v) is 8.44. The van der Waals surface area contributed by atoms with Crippen LogP contribution < -0.4 is 16.0 Å². The Kier molecular flexibility index (Phi) is 7.77. The van der Waals surface area contributed by atoms with Crippen LogP contribution in [0.2, 0.25) is 0 Å². The fraction of sp³-hybridized carbons (Fsp3) is 0.269.